The van der Waals surface area contributed by atoms with E-state index >= 15 is 0 Å². The quantitative estimate of drug-likeness (QED) is 0.154. The van der Waals surface area contributed by atoms with Crippen molar-refractivity contribution in [1.82, 2.24) is 0 Å². The normalized spacial score (nSPS) is 4.73. The van der Waals surface area contributed by atoms with Gasteiger partial charge in [0, 0.05) is 416 Å². The summed E-state index contributed by atoms with van der Waals surface area (Å²) in [6, 6.07) is 39.5. The summed E-state index contributed by atoms with van der Waals surface area (Å²) in [5.74, 6) is 0. The molecule has 0 nitrogen and oxygen atoms in total. The van der Waals surface area contributed by atoms with Gasteiger partial charge in [-0.15, -0.1) is 48.5 Å². The molecular weight excluding hydrogens is 2120 g/mol. The van der Waals surface area contributed by atoms with Gasteiger partial charge in [0.2, 0.25) is 0 Å². The first kappa shape index (κ1) is 202. The Balaban J connectivity index is -0.00000000773. The maximum absolute atomic E-state index is 3.72. The molecule has 0 aliphatic carbocycles. The second-order valence-corrected chi connectivity index (χ2v) is 8.77. The van der Waals surface area contributed by atoms with Crippen LogP contribution in [0, 0.1) is 372 Å². The van der Waals surface area contributed by atoms with Crippen LogP contribution in [0.3, 0.4) is 0 Å². The van der Waals surface area contributed by atoms with Crippen molar-refractivity contribution < 1.29 is 416 Å². The first-order valence-corrected chi connectivity index (χ1v) is 14.7. The van der Waals surface area contributed by atoms with E-state index in [2.05, 4.69) is 83.1 Å². The third kappa shape index (κ3) is 223. The molecule has 0 aromatic heterocycles. The molecule has 0 saturated carbocycles. The van der Waals surface area contributed by atoms with Crippen LogP contribution >= 0.6 is 0 Å². The molecule has 0 saturated heterocycles. The fraction of sp³-hybridized carbons (Fsp3) is 0.333. The fourth-order valence-corrected chi connectivity index (χ4v) is 1.91. The van der Waals surface area contributed by atoms with Gasteiger partial charge in [0.15, 0.2) is 0 Å². The Labute approximate surface area is 753 Å². The number of benzene rings is 4. The van der Waals surface area contributed by atoms with Gasteiger partial charge in [0.25, 0.3) is 0 Å². The molecule has 0 unspecified atom stereocenters. The predicted molar refractivity (Wildman–Crippen MR) is 279 cm³/mol. The van der Waals surface area contributed by atoms with E-state index in [-0.39, 0.29) is 520 Å². The van der Waals surface area contributed by atoms with Gasteiger partial charge in [0.1, 0.15) is 0 Å². The minimum absolute atomic E-state index is 0. The van der Waals surface area contributed by atoms with Crippen LogP contribution in [0.4, 0.5) is 0 Å². The van der Waals surface area contributed by atoms with Crippen LogP contribution < -0.4 is 0 Å². The molecule has 0 atom stereocenters. The second kappa shape index (κ2) is 194. The van der Waals surface area contributed by atoms with E-state index in [9.17, 15) is 0 Å². The summed E-state index contributed by atoms with van der Waals surface area (Å²) in [6.07, 6.45) is 5.00. The van der Waals surface area contributed by atoms with Crippen molar-refractivity contribution >= 4 is 0 Å². The smallest absolute Gasteiger partial charge is 0 e. The predicted octanol–water partition coefficient (Wildman–Crippen LogP) is 20.5. The van der Waals surface area contributed by atoms with Crippen molar-refractivity contribution in [3.63, 3.8) is 0 Å². The first-order valence-electron chi connectivity index (χ1n) is 14.7. The van der Waals surface area contributed by atoms with Crippen molar-refractivity contribution in [2.45, 2.75) is 126 Å². The standard InChI is InChI=1S/4C7H7.4C3H8.6CH4.8CH3.8La.4Y/c4*1-7-5-3-2-4-6-7;4*1-3-2;;;;;;;;;;;;;;;;;;;;;;;;;;/h4*2-6H,1H2;4*3H2,1-2H3;6*1H4;8*1H3;;;;;;;;;;;;/q4*-1;;;;;;;;;;;8*-1;;;;;;;;;;;;. The van der Waals surface area contributed by atoms with Gasteiger partial charge in [-0.05, 0) is 0 Å². The Morgan fingerprint density at radius 1 is 0.227 bits per heavy atom. The van der Waals surface area contributed by atoms with Gasteiger partial charge in [-0.3, -0.25) is 0 Å². The molecule has 0 N–H and O–H groups in total. The molecule has 4 aromatic carbocycles. The Bertz CT molecular complexity index is 780. The van der Waals surface area contributed by atoms with Crippen molar-refractivity contribution in [2.75, 3.05) is 0 Å². The maximum atomic E-state index is 3.72. The summed E-state index contributed by atoms with van der Waals surface area (Å²) in [5.41, 5.74) is 4.29. The van der Waals surface area contributed by atoms with E-state index in [1.54, 1.807) is 0 Å². The Kier molecular flexibility index (Phi) is 593. The molecule has 0 amide bonds. The zero-order valence-electron chi connectivity index (χ0n) is 42.1. The summed E-state index contributed by atoms with van der Waals surface area (Å²) in [6.45, 7) is 31.9. The van der Waals surface area contributed by atoms with Crippen LogP contribution in [0.2, 0.25) is 0 Å². The van der Waals surface area contributed by atoms with Gasteiger partial charge in [0.05, 0.1) is 0 Å². The molecule has 0 heterocycles. The fourth-order valence-electron chi connectivity index (χ4n) is 1.91. The monoisotopic (exact) mass is 2220 g/mol. The topological polar surface area (TPSA) is 0 Å². The Morgan fingerprint density at radius 2 is 0.288 bits per heavy atom. The van der Waals surface area contributed by atoms with Gasteiger partial charge >= 0.3 is 0 Å². The van der Waals surface area contributed by atoms with E-state index in [1.165, 1.54) is 25.7 Å². The van der Waals surface area contributed by atoms with E-state index in [0.717, 1.165) is 22.3 Å². The van der Waals surface area contributed by atoms with Crippen molar-refractivity contribution in [1.29, 1.82) is 0 Å². The summed E-state index contributed by atoms with van der Waals surface area (Å²) >= 11 is 0. The van der Waals surface area contributed by atoms with Gasteiger partial charge in [-0.1, -0.05) is 150 Å². The van der Waals surface area contributed by atoms with E-state index in [1.807, 2.05) is 121 Å². The number of hydrogen-bond acceptors (Lipinski definition) is 0. The molecule has 12 heteroatoms. The summed E-state index contributed by atoms with van der Waals surface area (Å²) in [4.78, 5) is 0. The zero-order valence-corrected chi connectivity index (χ0v) is 82.5. The molecule has 4 aromatic rings. The van der Waals surface area contributed by atoms with Crippen molar-refractivity contribution in [3.05, 3.63) is 231 Å². The van der Waals surface area contributed by atoms with E-state index in [0.29, 0.717) is 0 Å². The zero-order chi connectivity index (χ0) is 31.3. The average molecular weight is 2220 g/mol. The van der Waals surface area contributed by atoms with Crippen LogP contribution in [0.15, 0.2) is 121 Å². The molecule has 0 spiro atoms. The van der Waals surface area contributed by atoms with Crippen molar-refractivity contribution in [3.8, 4) is 0 Å². The number of hydrogen-bond donors (Lipinski definition) is 0. The third-order valence-electron chi connectivity index (χ3n) is 3.37. The summed E-state index contributed by atoms with van der Waals surface area (Å²) < 4.78 is 0. The summed E-state index contributed by atoms with van der Waals surface area (Å²) in [5, 5.41) is 0. The van der Waals surface area contributed by atoms with Crippen LogP contribution in [-0.2, 0) is 131 Å². The minimum Gasteiger partial charge on any atom is -0.358 e. The molecule has 0 bridgehead atoms. The van der Waals surface area contributed by atoms with Crippen LogP contribution in [0.5, 0.6) is 0 Å². The molecule has 66 heavy (non-hydrogen) atoms. The first-order chi connectivity index (χ1) is 19.2. The molecule has 0 fully saturated rings. The van der Waals surface area contributed by atoms with Gasteiger partial charge in [-0.25, -0.2) is 0 Å². The van der Waals surface area contributed by atoms with E-state index in [4.69, 9.17) is 0 Å². The Morgan fingerprint density at radius 3 is 0.318 bits per heavy atom. The summed E-state index contributed by atoms with van der Waals surface area (Å²) in [7, 11) is 0. The van der Waals surface area contributed by atoms with Gasteiger partial charge < -0.3 is 59.4 Å². The molecule has 12 radical (unpaired) electrons. The van der Waals surface area contributed by atoms with E-state index < -0.39 is 0 Å². The molecule has 0 aliphatic rings. The molecule has 4 rings (SSSR count). The average Bonchev–Trinajstić information content (AvgIpc) is 2.94. The number of rotatable bonds is 0. The molecule has 0 aliphatic heterocycles. The molecular formula is C54H108La8Y4-12. The Hall–Kier alpha value is 10.3. The van der Waals surface area contributed by atoms with Crippen LogP contribution in [0.25, 0.3) is 0 Å². The van der Waals surface area contributed by atoms with Crippen LogP contribution in [-0.4, -0.2) is 0 Å². The van der Waals surface area contributed by atoms with Crippen LogP contribution in [0.1, 0.15) is 148 Å². The molecule has 372 valence electrons. The largest absolute Gasteiger partial charge is 0.358 e. The third-order valence-corrected chi connectivity index (χ3v) is 3.37. The van der Waals surface area contributed by atoms with Crippen molar-refractivity contribution in [2.24, 2.45) is 0 Å². The minimum atomic E-state index is 0. The second-order valence-electron chi connectivity index (χ2n) is 8.77. The maximum Gasteiger partial charge on any atom is 0 e. The van der Waals surface area contributed by atoms with Gasteiger partial charge in [-0.2, -0.15) is 98.5 Å². The SMILES string of the molecule is C.C.C.C.C.C.CCC.CCC.CCC.CCC.[CH2-]c1ccccc1.[CH2-]c1ccccc1.[CH2-]c1ccccc1.[CH2-]c1ccccc1.[CH3-].[CH3-].[CH3-].[CH3-].[CH3-].[CH3-].[CH3-].[CH3-].[La].[La].[La].[La].[La].[La].[La].[La].[Y].[Y].[Y].[Y].